The summed E-state index contributed by atoms with van der Waals surface area (Å²) >= 11 is 6.22. The van der Waals surface area contributed by atoms with Gasteiger partial charge in [0.2, 0.25) is 0 Å². The molecule has 2 rings (SSSR count). The minimum absolute atomic E-state index is 0.0941. The Labute approximate surface area is 159 Å². The van der Waals surface area contributed by atoms with E-state index in [1.807, 2.05) is 20.8 Å². The molecule has 1 amide bonds. The number of hydrogen-bond donors (Lipinski definition) is 0. The minimum atomic E-state index is -0.626. The SMILES string of the molecule is COc1cc(C(=O)OCC(=O)N2CCCC[C@H]2C)cc(Cl)c1OC(C)C. The number of halogens is 1. The summed E-state index contributed by atoms with van der Waals surface area (Å²) < 4.78 is 16.1. The fourth-order valence-corrected chi connectivity index (χ4v) is 3.21. The Bertz CT molecular complexity index is 662. The van der Waals surface area contributed by atoms with Crippen LogP contribution in [-0.4, -0.2) is 49.2 Å². The molecule has 26 heavy (non-hydrogen) atoms. The molecular formula is C19H26ClNO5. The molecule has 0 radical (unpaired) electrons. The number of carbonyl (C=O) groups excluding carboxylic acids is 2. The molecule has 1 atom stereocenters. The third kappa shape index (κ3) is 5.04. The van der Waals surface area contributed by atoms with Gasteiger partial charge in [0.15, 0.2) is 18.1 Å². The maximum Gasteiger partial charge on any atom is 0.338 e. The summed E-state index contributed by atoms with van der Waals surface area (Å²) in [5.74, 6) is -0.0873. The monoisotopic (exact) mass is 383 g/mol. The largest absolute Gasteiger partial charge is 0.493 e. The molecule has 1 aliphatic rings. The molecule has 0 aromatic heterocycles. The normalized spacial score (nSPS) is 17.2. The predicted molar refractivity (Wildman–Crippen MR) is 99.1 cm³/mol. The summed E-state index contributed by atoms with van der Waals surface area (Å²) in [5, 5.41) is 0.251. The van der Waals surface area contributed by atoms with Gasteiger partial charge in [-0.2, -0.15) is 0 Å². The lowest BCUT2D eigenvalue weighted by atomic mass is 10.0. The van der Waals surface area contributed by atoms with E-state index in [1.54, 1.807) is 4.90 Å². The lowest BCUT2D eigenvalue weighted by Crippen LogP contribution is -2.44. The number of nitrogens with zero attached hydrogens (tertiary/aromatic N) is 1. The first-order valence-electron chi connectivity index (χ1n) is 8.84. The van der Waals surface area contributed by atoms with Gasteiger partial charge in [0.1, 0.15) is 0 Å². The van der Waals surface area contributed by atoms with E-state index in [0.717, 1.165) is 19.3 Å². The average Bonchev–Trinajstić information content (AvgIpc) is 2.60. The van der Waals surface area contributed by atoms with Crippen molar-refractivity contribution in [2.24, 2.45) is 0 Å². The maximum atomic E-state index is 12.3. The van der Waals surface area contributed by atoms with E-state index in [9.17, 15) is 9.59 Å². The van der Waals surface area contributed by atoms with Gasteiger partial charge < -0.3 is 19.1 Å². The average molecular weight is 384 g/mol. The lowest BCUT2D eigenvalue weighted by molar-refractivity contribution is -0.137. The van der Waals surface area contributed by atoms with E-state index in [-0.39, 0.29) is 35.2 Å². The van der Waals surface area contributed by atoms with Crippen molar-refractivity contribution in [1.29, 1.82) is 0 Å². The van der Waals surface area contributed by atoms with Crippen LogP contribution >= 0.6 is 11.6 Å². The number of esters is 1. The Morgan fingerprint density at radius 3 is 2.65 bits per heavy atom. The molecular weight excluding hydrogens is 358 g/mol. The van der Waals surface area contributed by atoms with Crippen molar-refractivity contribution in [1.82, 2.24) is 4.90 Å². The second kappa shape index (κ2) is 9.12. The zero-order valence-electron chi connectivity index (χ0n) is 15.7. The van der Waals surface area contributed by atoms with Gasteiger partial charge in [-0.05, 0) is 52.2 Å². The smallest absolute Gasteiger partial charge is 0.338 e. The molecule has 1 fully saturated rings. The highest BCUT2D eigenvalue weighted by atomic mass is 35.5. The molecule has 1 aliphatic heterocycles. The first kappa shape index (κ1) is 20.4. The predicted octanol–water partition coefficient (Wildman–Crippen LogP) is 3.69. The highest BCUT2D eigenvalue weighted by Crippen LogP contribution is 2.37. The molecule has 0 spiro atoms. The number of carbonyl (C=O) groups is 2. The van der Waals surface area contributed by atoms with Gasteiger partial charge in [-0.3, -0.25) is 4.79 Å². The van der Waals surface area contributed by atoms with Crippen LogP contribution < -0.4 is 9.47 Å². The summed E-state index contributed by atoms with van der Waals surface area (Å²) in [6.45, 7) is 6.17. The van der Waals surface area contributed by atoms with Crippen LogP contribution in [-0.2, 0) is 9.53 Å². The summed E-state index contributed by atoms with van der Waals surface area (Å²) in [6, 6.07) is 3.13. The molecule has 7 heteroatoms. The summed E-state index contributed by atoms with van der Waals surface area (Å²) in [6.07, 6.45) is 2.98. The molecule has 1 saturated heterocycles. The second-order valence-electron chi connectivity index (χ2n) is 6.66. The highest BCUT2D eigenvalue weighted by Gasteiger charge is 2.24. The fraction of sp³-hybridized carbons (Fsp3) is 0.579. The molecule has 1 aromatic rings. The molecule has 0 bridgehead atoms. The van der Waals surface area contributed by atoms with Gasteiger partial charge in [0, 0.05) is 12.6 Å². The number of amides is 1. The van der Waals surface area contributed by atoms with E-state index >= 15 is 0 Å². The van der Waals surface area contributed by atoms with E-state index < -0.39 is 5.97 Å². The Kier molecular flexibility index (Phi) is 7.14. The van der Waals surface area contributed by atoms with Crippen LogP contribution in [0.15, 0.2) is 12.1 Å². The standard InChI is InChI=1S/C19H26ClNO5/c1-12(2)26-18-15(20)9-14(10-16(18)24-4)19(23)25-11-17(22)21-8-6-5-7-13(21)3/h9-10,12-13H,5-8,11H2,1-4H3/t13-/m1/s1. The van der Waals surface area contributed by atoms with Crippen LogP contribution in [0.5, 0.6) is 11.5 Å². The Morgan fingerprint density at radius 2 is 2.04 bits per heavy atom. The summed E-state index contributed by atoms with van der Waals surface area (Å²) in [7, 11) is 1.47. The molecule has 1 heterocycles. The highest BCUT2D eigenvalue weighted by molar-refractivity contribution is 6.32. The number of ether oxygens (including phenoxy) is 3. The molecule has 1 aromatic carbocycles. The summed E-state index contributed by atoms with van der Waals surface area (Å²) in [5.41, 5.74) is 0.211. The molecule has 0 unspecified atom stereocenters. The van der Waals surface area contributed by atoms with Crippen molar-refractivity contribution in [3.63, 3.8) is 0 Å². The van der Waals surface area contributed by atoms with Crippen LogP contribution in [0.3, 0.4) is 0 Å². The van der Waals surface area contributed by atoms with Crippen molar-refractivity contribution in [2.75, 3.05) is 20.3 Å². The van der Waals surface area contributed by atoms with Crippen molar-refractivity contribution < 1.29 is 23.8 Å². The van der Waals surface area contributed by atoms with E-state index in [1.165, 1.54) is 19.2 Å². The zero-order chi connectivity index (χ0) is 19.3. The van der Waals surface area contributed by atoms with Gasteiger partial charge in [0.05, 0.1) is 23.8 Å². The Hall–Kier alpha value is -1.95. The number of rotatable bonds is 6. The first-order chi connectivity index (χ1) is 12.3. The Morgan fingerprint density at radius 1 is 1.31 bits per heavy atom. The minimum Gasteiger partial charge on any atom is -0.493 e. The fourth-order valence-electron chi connectivity index (χ4n) is 2.95. The zero-order valence-corrected chi connectivity index (χ0v) is 16.5. The van der Waals surface area contributed by atoms with Gasteiger partial charge in [0.25, 0.3) is 5.91 Å². The van der Waals surface area contributed by atoms with E-state index in [2.05, 4.69) is 0 Å². The van der Waals surface area contributed by atoms with E-state index in [0.29, 0.717) is 18.0 Å². The number of methoxy groups -OCH3 is 1. The van der Waals surface area contributed by atoms with Crippen LogP contribution in [0.2, 0.25) is 5.02 Å². The quantitative estimate of drug-likeness (QED) is 0.701. The first-order valence-corrected chi connectivity index (χ1v) is 9.22. The number of hydrogen-bond acceptors (Lipinski definition) is 5. The number of benzene rings is 1. The van der Waals surface area contributed by atoms with Crippen molar-refractivity contribution in [3.8, 4) is 11.5 Å². The van der Waals surface area contributed by atoms with Gasteiger partial charge in [-0.25, -0.2) is 4.79 Å². The topological polar surface area (TPSA) is 65.1 Å². The van der Waals surface area contributed by atoms with Gasteiger partial charge >= 0.3 is 5.97 Å². The molecule has 144 valence electrons. The van der Waals surface area contributed by atoms with Crippen molar-refractivity contribution in [2.45, 2.75) is 52.2 Å². The second-order valence-corrected chi connectivity index (χ2v) is 7.07. The van der Waals surface area contributed by atoms with Crippen molar-refractivity contribution >= 4 is 23.5 Å². The Balaban J connectivity index is 2.05. The van der Waals surface area contributed by atoms with Crippen LogP contribution in [0.25, 0.3) is 0 Å². The third-order valence-electron chi connectivity index (χ3n) is 4.27. The van der Waals surface area contributed by atoms with Gasteiger partial charge in [-0.1, -0.05) is 11.6 Å². The number of piperidine rings is 1. The van der Waals surface area contributed by atoms with Crippen LogP contribution in [0, 0.1) is 0 Å². The molecule has 0 aliphatic carbocycles. The molecule has 0 N–H and O–H groups in total. The third-order valence-corrected chi connectivity index (χ3v) is 4.55. The number of likely N-dealkylation sites (tertiary alicyclic amines) is 1. The van der Waals surface area contributed by atoms with Crippen LogP contribution in [0.1, 0.15) is 50.4 Å². The van der Waals surface area contributed by atoms with E-state index in [4.69, 9.17) is 25.8 Å². The summed E-state index contributed by atoms with van der Waals surface area (Å²) in [4.78, 5) is 26.4. The van der Waals surface area contributed by atoms with Crippen molar-refractivity contribution in [3.05, 3.63) is 22.7 Å². The molecule has 0 saturated carbocycles. The lowest BCUT2D eigenvalue weighted by Gasteiger charge is -2.33. The molecule has 6 nitrogen and oxygen atoms in total. The van der Waals surface area contributed by atoms with Gasteiger partial charge in [-0.15, -0.1) is 0 Å². The van der Waals surface area contributed by atoms with Crippen LogP contribution in [0.4, 0.5) is 0 Å². The maximum absolute atomic E-state index is 12.3.